The summed E-state index contributed by atoms with van der Waals surface area (Å²) in [4.78, 5) is 4.27. The van der Waals surface area contributed by atoms with E-state index in [1.54, 1.807) is 0 Å². The van der Waals surface area contributed by atoms with Crippen LogP contribution in [0.4, 0.5) is 0 Å². The van der Waals surface area contributed by atoms with Gasteiger partial charge >= 0.3 is 0 Å². The standard InChI is InChI=1S/C11H17N3O/c12-6-10-13-11(15-14-10)5-9-4-7-1-2-8(9)3-7/h7-9H,1-6,12H2. The fourth-order valence-corrected chi connectivity index (χ4v) is 3.31. The van der Waals surface area contributed by atoms with Crippen LogP contribution in [0.25, 0.3) is 0 Å². The van der Waals surface area contributed by atoms with Crippen molar-refractivity contribution in [3.8, 4) is 0 Å². The zero-order valence-electron chi connectivity index (χ0n) is 8.85. The molecule has 1 heterocycles. The highest BCUT2D eigenvalue weighted by Crippen LogP contribution is 2.49. The van der Waals surface area contributed by atoms with Crippen molar-refractivity contribution in [1.29, 1.82) is 0 Å². The summed E-state index contributed by atoms with van der Waals surface area (Å²) in [5.74, 6) is 4.11. The second kappa shape index (κ2) is 3.59. The van der Waals surface area contributed by atoms with Gasteiger partial charge in [-0.3, -0.25) is 0 Å². The first-order chi connectivity index (χ1) is 7.35. The largest absolute Gasteiger partial charge is 0.339 e. The van der Waals surface area contributed by atoms with Gasteiger partial charge in [-0.15, -0.1) is 0 Å². The molecule has 3 rings (SSSR count). The van der Waals surface area contributed by atoms with Crippen molar-refractivity contribution >= 4 is 0 Å². The van der Waals surface area contributed by atoms with Crippen LogP contribution in [0.2, 0.25) is 0 Å². The van der Waals surface area contributed by atoms with E-state index in [-0.39, 0.29) is 0 Å². The predicted molar refractivity (Wildman–Crippen MR) is 54.8 cm³/mol. The highest BCUT2D eigenvalue weighted by atomic mass is 16.5. The maximum Gasteiger partial charge on any atom is 0.226 e. The minimum Gasteiger partial charge on any atom is -0.339 e. The Hall–Kier alpha value is -0.900. The highest BCUT2D eigenvalue weighted by Gasteiger charge is 2.39. The SMILES string of the molecule is NCc1noc(CC2CC3CCC2C3)n1. The van der Waals surface area contributed by atoms with Gasteiger partial charge in [-0.25, -0.2) is 0 Å². The lowest BCUT2D eigenvalue weighted by atomic mass is 9.86. The topological polar surface area (TPSA) is 64.9 Å². The monoisotopic (exact) mass is 207 g/mol. The fourth-order valence-electron chi connectivity index (χ4n) is 3.31. The predicted octanol–water partition coefficient (Wildman–Crippen LogP) is 1.51. The van der Waals surface area contributed by atoms with Crippen LogP contribution in [0.15, 0.2) is 4.52 Å². The maximum atomic E-state index is 5.45. The van der Waals surface area contributed by atoms with Gasteiger partial charge in [0, 0.05) is 6.42 Å². The van der Waals surface area contributed by atoms with Gasteiger partial charge in [-0.05, 0) is 37.0 Å². The number of hydrogen-bond donors (Lipinski definition) is 1. The van der Waals surface area contributed by atoms with E-state index in [1.165, 1.54) is 25.7 Å². The molecule has 2 aliphatic rings. The number of hydrogen-bond acceptors (Lipinski definition) is 4. The Morgan fingerprint density at radius 3 is 2.87 bits per heavy atom. The molecule has 1 aromatic rings. The first-order valence-electron chi connectivity index (χ1n) is 5.86. The molecule has 0 amide bonds. The third-order valence-corrected chi connectivity index (χ3v) is 4.01. The smallest absolute Gasteiger partial charge is 0.226 e. The van der Waals surface area contributed by atoms with Crippen molar-refractivity contribution in [2.45, 2.75) is 38.6 Å². The molecular weight excluding hydrogens is 190 g/mol. The van der Waals surface area contributed by atoms with E-state index in [1.807, 2.05) is 0 Å². The molecule has 4 nitrogen and oxygen atoms in total. The summed E-state index contributed by atoms with van der Waals surface area (Å²) in [6, 6.07) is 0. The van der Waals surface area contributed by atoms with E-state index in [2.05, 4.69) is 10.1 Å². The van der Waals surface area contributed by atoms with E-state index in [9.17, 15) is 0 Å². The molecule has 1 aromatic heterocycles. The molecule has 15 heavy (non-hydrogen) atoms. The van der Waals surface area contributed by atoms with Crippen molar-refractivity contribution in [1.82, 2.24) is 10.1 Å². The van der Waals surface area contributed by atoms with Gasteiger partial charge in [-0.1, -0.05) is 11.6 Å². The zero-order chi connectivity index (χ0) is 10.3. The number of rotatable bonds is 3. The molecule has 0 aliphatic heterocycles. The second-order valence-corrected chi connectivity index (χ2v) is 4.95. The quantitative estimate of drug-likeness (QED) is 0.815. The average Bonchev–Trinajstić information content (AvgIpc) is 2.92. The number of fused-ring (bicyclic) bond motifs is 2. The Morgan fingerprint density at radius 1 is 1.33 bits per heavy atom. The zero-order valence-corrected chi connectivity index (χ0v) is 8.85. The van der Waals surface area contributed by atoms with Gasteiger partial charge in [0.15, 0.2) is 5.82 Å². The van der Waals surface area contributed by atoms with Crippen molar-refractivity contribution in [3.63, 3.8) is 0 Å². The van der Waals surface area contributed by atoms with Crippen LogP contribution in [0.5, 0.6) is 0 Å². The van der Waals surface area contributed by atoms with Crippen LogP contribution in [0.3, 0.4) is 0 Å². The normalized spacial score (nSPS) is 33.8. The molecule has 0 spiro atoms. The Bertz CT molecular complexity index is 349. The summed E-state index contributed by atoms with van der Waals surface area (Å²) < 4.78 is 5.18. The van der Waals surface area contributed by atoms with Crippen molar-refractivity contribution in [2.24, 2.45) is 23.5 Å². The lowest BCUT2D eigenvalue weighted by Crippen LogP contribution is -2.13. The van der Waals surface area contributed by atoms with Crippen molar-refractivity contribution < 1.29 is 4.52 Å². The van der Waals surface area contributed by atoms with Gasteiger partial charge in [-0.2, -0.15) is 4.98 Å². The van der Waals surface area contributed by atoms with Crippen molar-refractivity contribution in [2.75, 3.05) is 0 Å². The summed E-state index contributed by atoms with van der Waals surface area (Å²) in [5.41, 5.74) is 5.45. The fraction of sp³-hybridized carbons (Fsp3) is 0.818. The Labute approximate surface area is 89.2 Å². The van der Waals surface area contributed by atoms with Gasteiger partial charge in [0.2, 0.25) is 5.89 Å². The number of nitrogens with two attached hydrogens (primary N) is 1. The van der Waals surface area contributed by atoms with Crippen LogP contribution in [-0.4, -0.2) is 10.1 Å². The molecule has 3 atom stereocenters. The molecule has 2 bridgehead atoms. The molecule has 0 saturated heterocycles. The molecule has 0 aromatic carbocycles. The summed E-state index contributed by atoms with van der Waals surface area (Å²) >= 11 is 0. The summed E-state index contributed by atoms with van der Waals surface area (Å²) in [5, 5.41) is 3.83. The number of nitrogens with zero attached hydrogens (tertiary/aromatic N) is 2. The number of aromatic nitrogens is 2. The molecule has 0 radical (unpaired) electrons. The summed E-state index contributed by atoms with van der Waals surface area (Å²) in [7, 11) is 0. The van der Waals surface area contributed by atoms with Gasteiger partial charge in [0.1, 0.15) is 0 Å². The Morgan fingerprint density at radius 2 is 2.27 bits per heavy atom. The Kier molecular flexibility index (Phi) is 2.24. The summed E-state index contributed by atoms with van der Waals surface area (Å²) in [6.07, 6.45) is 6.62. The molecule has 82 valence electrons. The van der Waals surface area contributed by atoms with Crippen LogP contribution in [-0.2, 0) is 13.0 Å². The minimum absolute atomic E-state index is 0.375. The van der Waals surface area contributed by atoms with E-state index in [4.69, 9.17) is 10.3 Å². The van der Waals surface area contributed by atoms with Gasteiger partial charge < -0.3 is 10.3 Å². The first kappa shape index (κ1) is 9.33. The van der Waals surface area contributed by atoms with Crippen molar-refractivity contribution in [3.05, 3.63) is 11.7 Å². The molecule has 2 fully saturated rings. The summed E-state index contributed by atoms with van der Waals surface area (Å²) in [6.45, 7) is 0.375. The van der Waals surface area contributed by atoms with E-state index in [0.717, 1.165) is 30.1 Å². The molecule has 2 aliphatic carbocycles. The second-order valence-electron chi connectivity index (χ2n) is 4.95. The third kappa shape index (κ3) is 1.67. The minimum atomic E-state index is 0.375. The van der Waals surface area contributed by atoms with Gasteiger partial charge in [0.25, 0.3) is 0 Å². The lowest BCUT2D eigenvalue weighted by molar-refractivity contribution is 0.287. The van der Waals surface area contributed by atoms with Crippen LogP contribution in [0, 0.1) is 17.8 Å². The van der Waals surface area contributed by atoms with Crippen LogP contribution >= 0.6 is 0 Å². The van der Waals surface area contributed by atoms with Crippen LogP contribution < -0.4 is 5.73 Å². The molecule has 3 unspecified atom stereocenters. The molecule has 4 heteroatoms. The highest BCUT2D eigenvalue weighted by molar-refractivity contribution is 4.95. The molecule has 2 N–H and O–H groups in total. The first-order valence-corrected chi connectivity index (χ1v) is 5.86. The van der Waals surface area contributed by atoms with Crippen LogP contribution in [0.1, 0.15) is 37.4 Å². The Balaban J connectivity index is 1.65. The average molecular weight is 207 g/mol. The molecular formula is C11H17N3O. The lowest BCUT2D eigenvalue weighted by Gasteiger charge is -2.19. The van der Waals surface area contributed by atoms with E-state index in [0.29, 0.717) is 12.4 Å². The third-order valence-electron chi connectivity index (χ3n) is 4.01. The van der Waals surface area contributed by atoms with E-state index >= 15 is 0 Å². The van der Waals surface area contributed by atoms with Gasteiger partial charge in [0.05, 0.1) is 6.54 Å². The molecule has 2 saturated carbocycles. The maximum absolute atomic E-state index is 5.45. The van der Waals surface area contributed by atoms with E-state index < -0.39 is 0 Å².